The highest BCUT2D eigenvalue weighted by Crippen LogP contribution is 2.40. The predicted octanol–water partition coefficient (Wildman–Crippen LogP) is 4.00. The van der Waals surface area contributed by atoms with E-state index in [0.29, 0.717) is 30.1 Å². The van der Waals surface area contributed by atoms with Crippen molar-refractivity contribution in [3.8, 4) is 5.75 Å². The summed E-state index contributed by atoms with van der Waals surface area (Å²) >= 11 is 0. The Bertz CT molecular complexity index is 1010. The number of sulfonamides is 1. The fourth-order valence-electron chi connectivity index (χ4n) is 3.93. The lowest BCUT2D eigenvalue weighted by molar-refractivity contribution is 0.102. The molecule has 0 radical (unpaired) electrons. The maximum Gasteiger partial charge on any atom is 0.259 e. The van der Waals surface area contributed by atoms with Crippen LogP contribution in [0.25, 0.3) is 0 Å². The van der Waals surface area contributed by atoms with Gasteiger partial charge in [-0.2, -0.15) is 4.31 Å². The molecule has 1 amide bonds. The van der Waals surface area contributed by atoms with E-state index in [9.17, 15) is 13.2 Å². The largest absolute Gasteiger partial charge is 0.489 e. The summed E-state index contributed by atoms with van der Waals surface area (Å²) in [5, 5.41) is 2.85. The lowest BCUT2D eigenvalue weighted by Gasteiger charge is -2.25. The number of anilines is 1. The molecule has 0 bridgehead atoms. The van der Waals surface area contributed by atoms with Crippen LogP contribution in [0, 0.1) is 0 Å². The molecule has 0 unspecified atom stereocenters. The molecule has 6 nitrogen and oxygen atoms in total. The van der Waals surface area contributed by atoms with Gasteiger partial charge in [-0.05, 0) is 50.1 Å². The van der Waals surface area contributed by atoms with Crippen LogP contribution in [0.2, 0.25) is 0 Å². The van der Waals surface area contributed by atoms with Gasteiger partial charge in [-0.25, -0.2) is 8.42 Å². The lowest BCUT2D eigenvalue weighted by atomic mass is 9.97. The number of piperidine rings is 1. The Kier molecular flexibility index (Phi) is 5.36. The van der Waals surface area contributed by atoms with Crippen LogP contribution in [0.15, 0.2) is 47.4 Å². The number of nitrogens with one attached hydrogen (secondary N) is 1. The summed E-state index contributed by atoms with van der Waals surface area (Å²) in [5.74, 6) is 0.598. The number of nitrogens with zero attached hydrogens (tertiary/aromatic N) is 1. The number of hydrogen-bond acceptors (Lipinski definition) is 4. The third kappa shape index (κ3) is 3.76. The fraction of sp³-hybridized carbons (Fsp3) is 0.409. The maximum atomic E-state index is 12.8. The molecule has 2 aliphatic heterocycles. The Labute approximate surface area is 171 Å². The number of fused-ring (bicyclic) bond motifs is 1. The molecule has 4 rings (SSSR count). The molecule has 2 aromatic carbocycles. The van der Waals surface area contributed by atoms with E-state index in [1.165, 1.54) is 4.31 Å². The smallest absolute Gasteiger partial charge is 0.259 e. The highest BCUT2D eigenvalue weighted by atomic mass is 32.2. The average Bonchev–Trinajstić information content (AvgIpc) is 3.03. The van der Waals surface area contributed by atoms with E-state index in [4.69, 9.17) is 4.74 Å². The van der Waals surface area contributed by atoms with E-state index in [2.05, 4.69) is 12.2 Å². The first-order chi connectivity index (χ1) is 13.9. The molecule has 1 N–H and O–H groups in total. The van der Waals surface area contributed by atoms with Gasteiger partial charge < -0.3 is 10.1 Å². The third-order valence-corrected chi connectivity index (χ3v) is 7.77. The van der Waals surface area contributed by atoms with Crippen LogP contribution < -0.4 is 10.1 Å². The Morgan fingerprint density at radius 1 is 1.03 bits per heavy atom. The second-order valence-corrected chi connectivity index (χ2v) is 9.72. The number of amides is 1. The molecule has 0 spiro atoms. The van der Waals surface area contributed by atoms with E-state index in [0.717, 1.165) is 24.8 Å². The zero-order chi connectivity index (χ0) is 20.6. The topological polar surface area (TPSA) is 75.7 Å². The van der Waals surface area contributed by atoms with Crippen LogP contribution in [-0.2, 0) is 10.0 Å². The standard InChI is InChI=1S/C22H26N2O4S/c1-15-16(2)28-21-19(15)7-6-8-20(21)22(25)23-17-9-11-18(12-10-17)29(26,27)24-13-4-3-5-14-24/h6-12,15-16H,3-5,13-14H2,1-2H3,(H,23,25)/t15-,16-/m1/s1. The van der Waals surface area contributed by atoms with Gasteiger partial charge >= 0.3 is 0 Å². The lowest BCUT2D eigenvalue weighted by Crippen LogP contribution is -2.35. The second-order valence-electron chi connectivity index (χ2n) is 7.78. The van der Waals surface area contributed by atoms with Crippen LogP contribution in [-0.4, -0.2) is 37.8 Å². The van der Waals surface area contributed by atoms with Gasteiger partial charge in [0, 0.05) is 30.3 Å². The molecule has 1 saturated heterocycles. The summed E-state index contributed by atoms with van der Waals surface area (Å²) in [4.78, 5) is 13.1. The van der Waals surface area contributed by atoms with Crippen LogP contribution in [0.1, 0.15) is 54.9 Å². The van der Waals surface area contributed by atoms with Crippen LogP contribution >= 0.6 is 0 Å². The monoisotopic (exact) mass is 414 g/mol. The van der Waals surface area contributed by atoms with Crippen molar-refractivity contribution in [3.63, 3.8) is 0 Å². The fourth-order valence-corrected chi connectivity index (χ4v) is 5.44. The van der Waals surface area contributed by atoms with Crippen molar-refractivity contribution in [2.45, 2.75) is 50.0 Å². The van der Waals surface area contributed by atoms with Gasteiger partial charge in [-0.1, -0.05) is 25.5 Å². The second kappa shape index (κ2) is 7.80. The quantitative estimate of drug-likeness (QED) is 0.821. The molecule has 0 aliphatic carbocycles. The van der Waals surface area contributed by atoms with E-state index in [1.807, 2.05) is 19.1 Å². The first-order valence-corrected chi connectivity index (χ1v) is 11.5. The number of benzene rings is 2. The summed E-state index contributed by atoms with van der Waals surface area (Å²) in [6.45, 7) is 5.21. The van der Waals surface area contributed by atoms with Gasteiger partial charge in [-0.3, -0.25) is 4.79 Å². The SMILES string of the molecule is C[C@H]1Oc2c(C(=O)Nc3ccc(S(=O)(=O)N4CCCCC4)cc3)cccc2[C@@H]1C. The molecule has 1 fully saturated rings. The van der Waals surface area contributed by atoms with Crippen molar-refractivity contribution in [1.29, 1.82) is 0 Å². The van der Waals surface area contributed by atoms with E-state index < -0.39 is 10.0 Å². The van der Waals surface area contributed by atoms with Crippen LogP contribution in [0.5, 0.6) is 5.75 Å². The molecule has 2 aliphatic rings. The Balaban J connectivity index is 1.51. The summed E-state index contributed by atoms with van der Waals surface area (Å²) in [7, 11) is -3.48. The minimum atomic E-state index is -3.48. The normalized spacial score (nSPS) is 22.0. The summed E-state index contributed by atoms with van der Waals surface area (Å²) < 4.78 is 32.9. The summed E-state index contributed by atoms with van der Waals surface area (Å²) in [5.41, 5.74) is 2.07. The molecular weight excluding hydrogens is 388 g/mol. The first-order valence-electron chi connectivity index (χ1n) is 10.1. The molecule has 0 saturated carbocycles. The molecule has 0 aromatic heterocycles. The Morgan fingerprint density at radius 2 is 1.72 bits per heavy atom. The minimum Gasteiger partial charge on any atom is -0.489 e. The van der Waals surface area contributed by atoms with Crippen molar-refractivity contribution in [3.05, 3.63) is 53.6 Å². The highest BCUT2D eigenvalue weighted by Gasteiger charge is 2.31. The molecule has 2 aromatic rings. The minimum absolute atomic E-state index is 0.0261. The molecule has 2 atom stereocenters. The van der Waals surface area contributed by atoms with Gasteiger partial charge in [0.15, 0.2) is 0 Å². The van der Waals surface area contributed by atoms with Crippen molar-refractivity contribution in [2.75, 3.05) is 18.4 Å². The predicted molar refractivity (Wildman–Crippen MR) is 112 cm³/mol. The van der Waals surface area contributed by atoms with E-state index in [-0.39, 0.29) is 22.8 Å². The number of ether oxygens (including phenoxy) is 1. The van der Waals surface area contributed by atoms with Gasteiger partial charge in [-0.15, -0.1) is 0 Å². The van der Waals surface area contributed by atoms with Crippen molar-refractivity contribution < 1.29 is 17.9 Å². The molecular formula is C22H26N2O4S. The maximum absolute atomic E-state index is 12.8. The van der Waals surface area contributed by atoms with Gasteiger partial charge in [0.1, 0.15) is 11.9 Å². The summed E-state index contributed by atoms with van der Waals surface area (Å²) in [6, 6.07) is 12.0. The van der Waals surface area contributed by atoms with E-state index in [1.54, 1.807) is 30.3 Å². The zero-order valence-corrected chi connectivity index (χ0v) is 17.5. The van der Waals surface area contributed by atoms with Crippen molar-refractivity contribution in [2.24, 2.45) is 0 Å². The molecule has 7 heteroatoms. The molecule has 2 heterocycles. The van der Waals surface area contributed by atoms with Gasteiger partial charge in [0.2, 0.25) is 10.0 Å². The van der Waals surface area contributed by atoms with Crippen LogP contribution in [0.3, 0.4) is 0 Å². The third-order valence-electron chi connectivity index (χ3n) is 5.85. The average molecular weight is 415 g/mol. The zero-order valence-electron chi connectivity index (χ0n) is 16.7. The number of rotatable bonds is 4. The summed E-state index contributed by atoms with van der Waals surface area (Å²) in [6.07, 6.45) is 2.89. The number of para-hydroxylation sites is 1. The Morgan fingerprint density at radius 3 is 2.41 bits per heavy atom. The highest BCUT2D eigenvalue weighted by molar-refractivity contribution is 7.89. The van der Waals surface area contributed by atoms with Crippen molar-refractivity contribution >= 4 is 21.6 Å². The molecule has 154 valence electrons. The number of carbonyl (C=O) groups is 1. The van der Waals surface area contributed by atoms with Crippen LogP contribution in [0.4, 0.5) is 5.69 Å². The molecule has 29 heavy (non-hydrogen) atoms. The number of carbonyl (C=O) groups excluding carboxylic acids is 1. The Hall–Kier alpha value is -2.38. The van der Waals surface area contributed by atoms with Gasteiger partial charge in [0.05, 0.1) is 10.5 Å². The van der Waals surface area contributed by atoms with E-state index >= 15 is 0 Å². The van der Waals surface area contributed by atoms with Gasteiger partial charge in [0.25, 0.3) is 5.91 Å². The number of hydrogen-bond donors (Lipinski definition) is 1. The first kappa shape index (κ1) is 19.9. The van der Waals surface area contributed by atoms with Crippen molar-refractivity contribution in [1.82, 2.24) is 4.31 Å².